The Morgan fingerprint density at radius 1 is 1.26 bits per heavy atom. The Bertz CT molecular complexity index is 1030. The average Bonchev–Trinajstić information content (AvgIpc) is 2.79. The van der Waals surface area contributed by atoms with E-state index < -0.39 is 17.9 Å². The lowest BCUT2D eigenvalue weighted by Crippen LogP contribution is -2.54. The summed E-state index contributed by atoms with van der Waals surface area (Å²) >= 11 is 1.15. The molecule has 2 aliphatic rings. The van der Waals surface area contributed by atoms with Crippen LogP contribution in [-0.2, 0) is 9.59 Å². The molecule has 1 unspecified atom stereocenters. The second-order valence-electron chi connectivity index (χ2n) is 6.76. The molecule has 0 bridgehead atoms. The lowest BCUT2D eigenvalue weighted by atomic mass is 10.0. The van der Waals surface area contributed by atoms with Gasteiger partial charge in [-0.05, 0) is 12.1 Å². The number of ether oxygens (including phenoxy) is 2. The topological polar surface area (TPSA) is 113 Å². The number of aliphatic imine (C=N–C) groups is 2. The SMILES string of the molecule is CCC1=NC2=[N+](C)C(=O)N(C)C(=O)C2C(SCC(=O)Nc2ccc(OC)cc2OC)=N1. The maximum atomic E-state index is 12.8. The fraction of sp³-hybridized carbons (Fsp3) is 0.400. The van der Waals surface area contributed by atoms with Gasteiger partial charge in [0, 0.05) is 12.5 Å². The van der Waals surface area contributed by atoms with Gasteiger partial charge in [0.2, 0.25) is 11.7 Å². The van der Waals surface area contributed by atoms with Crippen LogP contribution in [0.2, 0.25) is 0 Å². The van der Waals surface area contributed by atoms with Crippen LogP contribution in [0.1, 0.15) is 13.3 Å². The van der Waals surface area contributed by atoms with Crippen LogP contribution in [0.25, 0.3) is 0 Å². The number of hydrogen-bond donors (Lipinski definition) is 1. The van der Waals surface area contributed by atoms with Crippen molar-refractivity contribution in [2.75, 3.05) is 39.4 Å². The molecule has 0 fully saturated rings. The molecule has 2 aliphatic heterocycles. The molecular formula is C20H24N5O5S+. The fourth-order valence-corrected chi connectivity index (χ4v) is 4.01. The van der Waals surface area contributed by atoms with Gasteiger partial charge in [-0.1, -0.05) is 23.7 Å². The van der Waals surface area contributed by atoms with Crippen LogP contribution in [0.5, 0.6) is 11.5 Å². The highest BCUT2D eigenvalue weighted by molar-refractivity contribution is 8.14. The fourth-order valence-electron chi connectivity index (χ4n) is 3.12. The molecule has 3 rings (SSSR count). The number of urea groups is 1. The van der Waals surface area contributed by atoms with Gasteiger partial charge < -0.3 is 14.8 Å². The Morgan fingerprint density at radius 2 is 2.00 bits per heavy atom. The number of thioether (sulfide) groups is 1. The predicted molar refractivity (Wildman–Crippen MR) is 119 cm³/mol. The first kappa shape index (κ1) is 22.5. The number of carbonyl (C=O) groups is 3. The number of carbonyl (C=O) groups excluding carboxylic acids is 3. The summed E-state index contributed by atoms with van der Waals surface area (Å²) in [6.45, 7) is 1.88. The van der Waals surface area contributed by atoms with E-state index in [0.717, 1.165) is 16.7 Å². The monoisotopic (exact) mass is 446 g/mol. The summed E-state index contributed by atoms with van der Waals surface area (Å²) in [7, 11) is 6.03. The number of nitrogens with one attached hydrogen (secondary N) is 1. The van der Waals surface area contributed by atoms with E-state index in [1.165, 1.54) is 18.7 Å². The minimum Gasteiger partial charge on any atom is -0.497 e. The quantitative estimate of drug-likeness (QED) is 0.668. The first-order chi connectivity index (χ1) is 14.8. The third kappa shape index (κ3) is 4.46. The van der Waals surface area contributed by atoms with Gasteiger partial charge in [0.1, 0.15) is 16.5 Å². The molecule has 1 N–H and O–H groups in total. The summed E-state index contributed by atoms with van der Waals surface area (Å²) in [5.41, 5.74) is 0.501. The van der Waals surface area contributed by atoms with Gasteiger partial charge in [-0.25, -0.2) is 9.79 Å². The van der Waals surface area contributed by atoms with E-state index in [1.54, 1.807) is 32.4 Å². The van der Waals surface area contributed by atoms with Gasteiger partial charge in [-0.2, -0.15) is 9.48 Å². The average molecular weight is 447 g/mol. The standard InChI is InChI=1S/C20H23N5O5S/c1-6-14-22-17-16(19(27)25(3)20(28)24(17)2)18(23-14)31-10-15(26)21-12-8-7-11(29-4)9-13(12)30-5/h7-9,16H,6,10H2,1-5H3/p+1. The van der Waals surface area contributed by atoms with Crippen molar-refractivity contribution in [1.82, 2.24) is 4.90 Å². The van der Waals surface area contributed by atoms with Crippen LogP contribution in [0.4, 0.5) is 10.5 Å². The summed E-state index contributed by atoms with van der Waals surface area (Å²) in [5, 5.41) is 3.23. The third-order valence-electron chi connectivity index (χ3n) is 4.83. The number of fused-ring (bicyclic) bond motifs is 1. The highest BCUT2D eigenvalue weighted by atomic mass is 32.2. The van der Waals surface area contributed by atoms with Crippen molar-refractivity contribution in [3.8, 4) is 11.5 Å². The molecule has 31 heavy (non-hydrogen) atoms. The van der Waals surface area contributed by atoms with Gasteiger partial charge in [0.05, 0.1) is 39.8 Å². The number of imide groups is 1. The van der Waals surface area contributed by atoms with E-state index >= 15 is 0 Å². The van der Waals surface area contributed by atoms with Crippen molar-refractivity contribution in [3.63, 3.8) is 0 Å². The molecule has 164 valence electrons. The smallest absolute Gasteiger partial charge is 0.445 e. The molecule has 2 heterocycles. The van der Waals surface area contributed by atoms with Crippen LogP contribution < -0.4 is 14.8 Å². The van der Waals surface area contributed by atoms with Gasteiger partial charge in [-0.15, -0.1) is 0 Å². The highest BCUT2D eigenvalue weighted by Gasteiger charge is 2.49. The van der Waals surface area contributed by atoms with Crippen LogP contribution in [0.3, 0.4) is 0 Å². The zero-order chi connectivity index (χ0) is 22.7. The number of methoxy groups -OCH3 is 2. The lowest BCUT2D eigenvalue weighted by Gasteiger charge is -2.26. The number of hydrogen-bond acceptors (Lipinski definition) is 8. The van der Waals surface area contributed by atoms with E-state index in [9.17, 15) is 14.4 Å². The number of anilines is 1. The number of benzene rings is 1. The van der Waals surface area contributed by atoms with E-state index in [4.69, 9.17) is 9.47 Å². The molecule has 0 radical (unpaired) electrons. The normalized spacial score (nSPS) is 18.4. The van der Waals surface area contributed by atoms with Crippen LogP contribution in [0.15, 0.2) is 28.2 Å². The first-order valence-electron chi connectivity index (χ1n) is 9.53. The Kier molecular flexibility index (Phi) is 6.74. The molecular weight excluding hydrogens is 422 g/mol. The predicted octanol–water partition coefficient (Wildman–Crippen LogP) is 1.85. The zero-order valence-electron chi connectivity index (χ0n) is 18.0. The van der Waals surface area contributed by atoms with Gasteiger partial charge in [-0.3, -0.25) is 9.59 Å². The second kappa shape index (κ2) is 9.29. The first-order valence-corrected chi connectivity index (χ1v) is 10.5. The molecule has 1 aromatic carbocycles. The summed E-state index contributed by atoms with van der Waals surface area (Å²) < 4.78 is 11.8. The Morgan fingerprint density at radius 3 is 2.65 bits per heavy atom. The van der Waals surface area contributed by atoms with Crippen LogP contribution in [0, 0.1) is 5.92 Å². The molecule has 11 heteroatoms. The maximum Gasteiger partial charge on any atom is 0.445 e. The molecule has 1 aromatic rings. The van der Waals surface area contributed by atoms with Crippen molar-refractivity contribution in [3.05, 3.63) is 18.2 Å². The maximum absolute atomic E-state index is 12.8. The second-order valence-corrected chi connectivity index (χ2v) is 7.76. The van der Waals surface area contributed by atoms with E-state index in [0.29, 0.717) is 40.3 Å². The minimum absolute atomic E-state index is 0.0173. The van der Waals surface area contributed by atoms with E-state index in [1.807, 2.05) is 6.92 Å². The van der Waals surface area contributed by atoms with Gasteiger partial charge in [0.25, 0.3) is 5.84 Å². The molecule has 10 nitrogen and oxygen atoms in total. The number of amides is 4. The van der Waals surface area contributed by atoms with Crippen molar-refractivity contribution in [2.45, 2.75) is 13.3 Å². The number of rotatable bonds is 6. The van der Waals surface area contributed by atoms with Crippen molar-refractivity contribution < 1.29 is 28.4 Å². The van der Waals surface area contributed by atoms with Gasteiger partial charge >= 0.3 is 11.9 Å². The van der Waals surface area contributed by atoms with Gasteiger partial charge in [0.15, 0.2) is 5.92 Å². The molecule has 0 aromatic heterocycles. The van der Waals surface area contributed by atoms with E-state index in [2.05, 4.69) is 15.3 Å². The molecule has 0 spiro atoms. The summed E-state index contributed by atoms with van der Waals surface area (Å²) in [6.07, 6.45) is 0.529. The summed E-state index contributed by atoms with van der Waals surface area (Å²) in [4.78, 5) is 47.5. The van der Waals surface area contributed by atoms with Crippen LogP contribution in [-0.4, -0.2) is 78.1 Å². The Hall–Kier alpha value is -3.21. The Balaban J connectivity index is 1.78. The molecule has 0 saturated heterocycles. The molecule has 0 saturated carbocycles. The van der Waals surface area contributed by atoms with E-state index in [-0.39, 0.29) is 11.7 Å². The summed E-state index contributed by atoms with van der Waals surface area (Å²) in [6, 6.07) is 4.62. The van der Waals surface area contributed by atoms with Crippen molar-refractivity contribution in [2.24, 2.45) is 15.9 Å². The Labute approximate surface area is 184 Å². The van der Waals surface area contributed by atoms with Crippen molar-refractivity contribution in [1.29, 1.82) is 0 Å². The molecule has 1 atom stereocenters. The number of amidine groups is 2. The largest absolute Gasteiger partial charge is 0.497 e. The highest BCUT2D eigenvalue weighted by Crippen LogP contribution is 2.30. The third-order valence-corrected chi connectivity index (χ3v) is 5.86. The molecule has 0 aliphatic carbocycles. The van der Waals surface area contributed by atoms with Crippen molar-refractivity contribution >= 4 is 52.0 Å². The number of nitrogens with zero attached hydrogens (tertiary/aromatic N) is 4. The summed E-state index contributed by atoms with van der Waals surface area (Å²) in [5.74, 6) is 0.407. The minimum atomic E-state index is -0.809. The van der Waals surface area contributed by atoms with Crippen LogP contribution >= 0.6 is 11.8 Å². The zero-order valence-corrected chi connectivity index (χ0v) is 18.8. The molecule has 4 amide bonds. The lowest BCUT2D eigenvalue weighted by molar-refractivity contribution is -0.407.